The second-order valence-corrected chi connectivity index (χ2v) is 10.5. The fourth-order valence-corrected chi connectivity index (χ4v) is 5.39. The molecular weight excluding hydrogens is 543 g/mol. The minimum Gasteiger partial charge on any atom is -0.496 e. The molecule has 1 aliphatic heterocycles. The molecule has 0 spiro atoms. The minimum absolute atomic E-state index is 0.0450. The first-order chi connectivity index (χ1) is 18.6. The summed E-state index contributed by atoms with van der Waals surface area (Å²) in [4.78, 5) is 14.2. The smallest absolute Gasteiger partial charge is 0.416 e. The van der Waals surface area contributed by atoms with Crippen LogP contribution in [0, 0.1) is 5.82 Å². The molecule has 40 heavy (non-hydrogen) atoms. The zero-order valence-corrected chi connectivity index (χ0v) is 22.5. The van der Waals surface area contributed by atoms with E-state index < -0.39 is 47.5 Å². The van der Waals surface area contributed by atoms with Gasteiger partial charge in [-0.15, -0.1) is 0 Å². The molecule has 0 N–H and O–H groups in total. The predicted octanol–water partition coefficient (Wildman–Crippen LogP) is 8.90. The van der Waals surface area contributed by atoms with Crippen molar-refractivity contribution in [1.82, 2.24) is 4.90 Å². The van der Waals surface area contributed by atoms with E-state index in [9.17, 15) is 35.5 Å². The Labute approximate surface area is 227 Å². The molecule has 0 radical (unpaired) electrons. The molecule has 2 aromatic rings. The van der Waals surface area contributed by atoms with Gasteiger partial charge in [0.2, 0.25) is 0 Å². The molecule has 1 heterocycles. The van der Waals surface area contributed by atoms with Gasteiger partial charge in [0.1, 0.15) is 17.7 Å². The van der Waals surface area contributed by atoms with Crippen molar-refractivity contribution >= 4 is 11.7 Å². The summed E-state index contributed by atoms with van der Waals surface area (Å²) in [5.41, 5.74) is -0.382. The summed E-state index contributed by atoms with van der Waals surface area (Å²) >= 11 is 0. The summed E-state index contributed by atoms with van der Waals surface area (Å²) in [7, 11) is 1.44. The number of carbonyl (C=O) groups excluding carboxylic acids is 1. The molecule has 0 saturated carbocycles. The van der Waals surface area contributed by atoms with E-state index in [1.54, 1.807) is 6.07 Å². The standard InChI is InChI=1S/C29H30F7NO3/c1-15(2)22-12-23(25(39-4)13-24(22)30)21-8-6-5-7-17(21)14-37-16(3)26(40-27(37)38)18-9-19(28(31,32)33)11-20(10-18)29(34,35)36/h9-13,15-16,26H,5-8,14H2,1-4H3. The van der Waals surface area contributed by atoms with Crippen LogP contribution in [0.5, 0.6) is 5.75 Å². The van der Waals surface area contributed by atoms with Gasteiger partial charge in [0, 0.05) is 18.2 Å². The number of allylic oxidation sites excluding steroid dienone is 1. The third-order valence-electron chi connectivity index (χ3n) is 7.54. The maximum Gasteiger partial charge on any atom is 0.416 e. The number of halogens is 7. The van der Waals surface area contributed by atoms with Crippen LogP contribution < -0.4 is 4.74 Å². The third kappa shape index (κ3) is 5.93. The Balaban J connectivity index is 1.71. The summed E-state index contributed by atoms with van der Waals surface area (Å²) in [6, 6.07) is 3.45. The first-order valence-electron chi connectivity index (χ1n) is 13.0. The lowest BCUT2D eigenvalue weighted by molar-refractivity contribution is -0.143. The molecule has 2 aliphatic rings. The number of nitrogens with zero attached hydrogens (tertiary/aromatic N) is 1. The Morgan fingerprint density at radius 1 is 0.975 bits per heavy atom. The van der Waals surface area contributed by atoms with Crippen LogP contribution in [0.3, 0.4) is 0 Å². The molecule has 1 amide bonds. The lowest BCUT2D eigenvalue weighted by atomic mass is 9.85. The molecule has 0 aromatic heterocycles. The van der Waals surface area contributed by atoms with Crippen molar-refractivity contribution in [3.63, 3.8) is 0 Å². The highest BCUT2D eigenvalue weighted by Gasteiger charge is 2.43. The lowest BCUT2D eigenvalue weighted by Gasteiger charge is -2.28. The molecule has 4 nitrogen and oxygen atoms in total. The first kappa shape index (κ1) is 29.7. The largest absolute Gasteiger partial charge is 0.496 e. The highest BCUT2D eigenvalue weighted by molar-refractivity contribution is 5.77. The van der Waals surface area contributed by atoms with Crippen LogP contribution >= 0.6 is 0 Å². The highest BCUT2D eigenvalue weighted by Crippen LogP contribution is 2.43. The average molecular weight is 574 g/mol. The third-order valence-corrected chi connectivity index (χ3v) is 7.54. The minimum atomic E-state index is -5.02. The molecule has 4 rings (SSSR count). The number of hydrogen-bond donors (Lipinski definition) is 0. The van der Waals surface area contributed by atoms with Crippen LogP contribution in [0.2, 0.25) is 0 Å². The quantitative estimate of drug-likeness (QED) is 0.324. The number of hydrogen-bond acceptors (Lipinski definition) is 3. The van der Waals surface area contributed by atoms with Crippen molar-refractivity contribution in [3.8, 4) is 5.75 Å². The molecule has 2 atom stereocenters. The van der Waals surface area contributed by atoms with Crippen LogP contribution in [0.4, 0.5) is 35.5 Å². The van der Waals surface area contributed by atoms with E-state index in [0.717, 1.165) is 24.0 Å². The van der Waals surface area contributed by atoms with E-state index in [1.165, 1.54) is 25.0 Å². The lowest BCUT2D eigenvalue weighted by Crippen LogP contribution is -2.34. The summed E-state index contributed by atoms with van der Waals surface area (Å²) in [6.07, 6.45) is -9.30. The second-order valence-electron chi connectivity index (χ2n) is 10.5. The van der Waals surface area contributed by atoms with Crippen LogP contribution in [-0.2, 0) is 17.1 Å². The fourth-order valence-electron chi connectivity index (χ4n) is 5.39. The number of rotatable bonds is 6. The predicted molar refractivity (Wildman–Crippen MR) is 134 cm³/mol. The van der Waals surface area contributed by atoms with E-state index in [1.807, 2.05) is 13.8 Å². The Bertz CT molecular complexity index is 1280. The zero-order valence-electron chi connectivity index (χ0n) is 22.5. The summed E-state index contributed by atoms with van der Waals surface area (Å²) in [5, 5.41) is 0. The van der Waals surface area contributed by atoms with Crippen molar-refractivity contribution in [2.45, 2.75) is 76.9 Å². The normalized spacial score (nSPS) is 20.4. The number of amides is 1. The van der Waals surface area contributed by atoms with Gasteiger partial charge in [-0.2, -0.15) is 26.3 Å². The van der Waals surface area contributed by atoms with Gasteiger partial charge in [-0.05, 0) is 85.1 Å². The number of benzene rings is 2. The molecule has 11 heteroatoms. The molecule has 218 valence electrons. The van der Waals surface area contributed by atoms with Crippen LogP contribution in [0.15, 0.2) is 35.9 Å². The van der Waals surface area contributed by atoms with Gasteiger partial charge in [0.25, 0.3) is 0 Å². The van der Waals surface area contributed by atoms with E-state index >= 15 is 0 Å². The highest BCUT2D eigenvalue weighted by atomic mass is 19.4. The number of methoxy groups -OCH3 is 1. The van der Waals surface area contributed by atoms with Crippen LogP contribution in [0.1, 0.15) is 86.3 Å². The maximum absolute atomic E-state index is 14.7. The number of alkyl halides is 6. The topological polar surface area (TPSA) is 38.8 Å². The van der Waals surface area contributed by atoms with Crippen LogP contribution in [-0.4, -0.2) is 30.7 Å². The Morgan fingerprint density at radius 3 is 2.12 bits per heavy atom. The number of ether oxygens (including phenoxy) is 2. The van der Waals surface area contributed by atoms with Crippen molar-refractivity contribution in [2.75, 3.05) is 13.7 Å². The Morgan fingerprint density at radius 2 is 1.57 bits per heavy atom. The zero-order chi connectivity index (χ0) is 29.6. The molecule has 1 aliphatic carbocycles. The van der Waals surface area contributed by atoms with E-state index in [0.29, 0.717) is 41.9 Å². The first-order valence-corrected chi connectivity index (χ1v) is 13.0. The SMILES string of the molecule is COc1cc(F)c(C(C)C)cc1C1=C(CN2C(=O)OC(c3cc(C(F)(F)F)cc(C(F)(F)F)c3)C2C)CCCC1. The van der Waals surface area contributed by atoms with E-state index in [-0.39, 0.29) is 24.1 Å². The number of carbonyl (C=O) groups is 1. The summed E-state index contributed by atoms with van der Waals surface area (Å²) < 4.78 is 106. The maximum atomic E-state index is 14.7. The van der Waals surface area contributed by atoms with Gasteiger partial charge in [-0.25, -0.2) is 9.18 Å². The van der Waals surface area contributed by atoms with Gasteiger partial charge >= 0.3 is 18.4 Å². The molecule has 2 unspecified atom stereocenters. The van der Waals surface area contributed by atoms with Gasteiger partial charge < -0.3 is 9.47 Å². The Hall–Kier alpha value is -3.24. The molecular formula is C29H30F7NO3. The summed E-state index contributed by atoms with van der Waals surface area (Å²) in [6.45, 7) is 5.33. The van der Waals surface area contributed by atoms with E-state index in [2.05, 4.69) is 0 Å². The second kappa shape index (κ2) is 11.0. The van der Waals surface area contributed by atoms with Crippen LogP contribution in [0.25, 0.3) is 5.57 Å². The Kier molecular flexibility index (Phi) is 8.15. The monoisotopic (exact) mass is 573 g/mol. The molecule has 0 bridgehead atoms. The van der Waals surface area contributed by atoms with Gasteiger partial charge in [0.05, 0.1) is 24.3 Å². The average Bonchev–Trinajstić information content (AvgIpc) is 3.15. The van der Waals surface area contributed by atoms with Gasteiger partial charge in [0.15, 0.2) is 0 Å². The summed E-state index contributed by atoms with van der Waals surface area (Å²) in [5.74, 6) is -0.150. The van der Waals surface area contributed by atoms with Gasteiger partial charge in [-0.1, -0.05) is 13.8 Å². The van der Waals surface area contributed by atoms with E-state index in [4.69, 9.17) is 9.47 Å². The van der Waals surface area contributed by atoms with Crippen molar-refractivity contribution in [3.05, 3.63) is 69.5 Å². The van der Waals surface area contributed by atoms with Crippen molar-refractivity contribution < 1.29 is 45.0 Å². The molecule has 1 saturated heterocycles. The molecule has 1 fully saturated rings. The fraction of sp³-hybridized carbons (Fsp3) is 0.483. The van der Waals surface area contributed by atoms with Crippen molar-refractivity contribution in [2.24, 2.45) is 0 Å². The number of cyclic esters (lactones) is 1. The van der Waals surface area contributed by atoms with Crippen molar-refractivity contribution in [1.29, 1.82) is 0 Å². The van der Waals surface area contributed by atoms with Gasteiger partial charge in [-0.3, -0.25) is 4.90 Å². The molecule has 2 aromatic carbocycles.